The average Bonchev–Trinajstić information content (AvgIpc) is 2.59. The number of nitrogens with zero attached hydrogens (tertiary/aromatic N) is 1. The molecule has 15 heavy (non-hydrogen) atoms. The van der Waals surface area contributed by atoms with Gasteiger partial charge in [0.15, 0.2) is 0 Å². The summed E-state index contributed by atoms with van der Waals surface area (Å²) >= 11 is 3.66. The van der Waals surface area contributed by atoms with Gasteiger partial charge >= 0.3 is 0 Å². The molecule has 0 aromatic rings. The fourth-order valence-electron chi connectivity index (χ4n) is 2.28. The maximum Gasteiger partial charge on any atom is 0.00768 e. The number of hydrogen-bond donors (Lipinski definition) is 0. The van der Waals surface area contributed by atoms with Gasteiger partial charge in [-0.1, -0.05) is 50.0 Å². The first kappa shape index (κ1) is 13.5. The van der Waals surface area contributed by atoms with E-state index in [4.69, 9.17) is 0 Å². The second-order valence-corrected chi connectivity index (χ2v) is 6.69. The maximum absolute atomic E-state index is 3.66. The molecular weight excluding hydrogens is 250 g/mol. The van der Waals surface area contributed by atoms with E-state index >= 15 is 0 Å². The fraction of sp³-hybridized carbons (Fsp3) is 1.00. The van der Waals surface area contributed by atoms with Crippen molar-refractivity contribution < 1.29 is 0 Å². The Morgan fingerprint density at radius 1 is 1.40 bits per heavy atom. The van der Waals surface area contributed by atoms with Gasteiger partial charge < -0.3 is 4.90 Å². The molecule has 90 valence electrons. The number of rotatable bonds is 4. The zero-order valence-corrected chi connectivity index (χ0v) is 12.3. The maximum atomic E-state index is 3.66. The van der Waals surface area contributed by atoms with Crippen LogP contribution in [0.3, 0.4) is 0 Å². The number of likely N-dealkylation sites (tertiary alicyclic amines) is 1. The van der Waals surface area contributed by atoms with Gasteiger partial charge in [-0.2, -0.15) is 0 Å². The largest absolute Gasteiger partial charge is 0.303 e. The van der Waals surface area contributed by atoms with Crippen LogP contribution in [0.2, 0.25) is 0 Å². The molecule has 0 spiro atoms. The van der Waals surface area contributed by atoms with Gasteiger partial charge in [-0.05, 0) is 30.2 Å². The molecule has 0 radical (unpaired) electrons. The van der Waals surface area contributed by atoms with Crippen molar-refractivity contribution in [3.05, 3.63) is 0 Å². The molecule has 0 aliphatic carbocycles. The third-order valence-electron chi connectivity index (χ3n) is 3.84. The lowest BCUT2D eigenvalue weighted by atomic mass is 9.82. The summed E-state index contributed by atoms with van der Waals surface area (Å²) in [4.78, 5) is 2.66. The van der Waals surface area contributed by atoms with Gasteiger partial charge in [0.1, 0.15) is 0 Å². The van der Waals surface area contributed by atoms with Crippen molar-refractivity contribution in [2.45, 2.75) is 40.5 Å². The van der Waals surface area contributed by atoms with Crippen LogP contribution >= 0.6 is 15.9 Å². The van der Waals surface area contributed by atoms with E-state index in [2.05, 4.69) is 48.5 Å². The van der Waals surface area contributed by atoms with Gasteiger partial charge in [-0.3, -0.25) is 0 Å². The van der Waals surface area contributed by atoms with Crippen LogP contribution in [0, 0.1) is 17.3 Å². The molecule has 1 heterocycles. The molecule has 0 N–H and O–H groups in total. The van der Waals surface area contributed by atoms with Crippen molar-refractivity contribution in [3.63, 3.8) is 0 Å². The van der Waals surface area contributed by atoms with Gasteiger partial charge in [0.25, 0.3) is 0 Å². The number of alkyl halides is 1. The van der Waals surface area contributed by atoms with Crippen molar-refractivity contribution in [1.82, 2.24) is 4.90 Å². The molecule has 2 atom stereocenters. The lowest BCUT2D eigenvalue weighted by Gasteiger charge is -2.32. The molecular formula is C13H26BrN. The number of hydrogen-bond acceptors (Lipinski definition) is 1. The van der Waals surface area contributed by atoms with Gasteiger partial charge in [-0.25, -0.2) is 0 Å². The summed E-state index contributed by atoms with van der Waals surface area (Å²) < 4.78 is 0. The summed E-state index contributed by atoms with van der Waals surface area (Å²) in [7, 11) is 0. The van der Waals surface area contributed by atoms with Crippen molar-refractivity contribution in [1.29, 1.82) is 0 Å². The molecule has 0 aromatic carbocycles. The highest BCUT2D eigenvalue weighted by atomic mass is 79.9. The Morgan fingerprint density at radius 2 is 2.07 bits per heavy atom. The molecule has 0 amide bonds. The zero-order chi connectivity index (χ0) is 11.5. The zero-order valence-electron chi connectivity index (χ0n) is 10.7. The Balaban J connectivity index is 2.40. The SMILES string of the molecule is CCC1CCN(CC(CBr)C(C)(C)C)C1. The normalized spacial score (nSPS) is 25.8. The molecule has 0 bridgehead atoms. The minimum absolute atomic E-state index is 0.424. The first-order valence-corrected chi connectivity index (χ1v) is 7.37. The predicted molar refractivity (Wildman–Crippen MR) is 71.6 cm³/mol. The highest BCUT2D eigenvalue weighted by Crippen LogP contribution is 2.30. The van der Waals surface area contributed by atoms with Gasteiger partial charge in [-0.15, -0.1) is 0 Å². The highest BCUT2D eigenvalue weighted by Gasteiger charge is 2.28. The lowest BCUT2D eigenvalue weighted by molar-refractivity contribution is 0.184. The Labute approximate surface area is 104 Å². The summed E-state index contributed by atoms with van der Waals surface area (Å²) in [5, 5.41) is 1.13. The molecule has 2 heteroatoms. The van der Waals surface area contributed by atoms with Crippen LogP contribution in [0.5, 0.6) is 0 Å². The van der Waals surface area contributed by atoms with Crippen LogP contribution in [-0.2, 0) is 0 Å². The summed E-state index contributed by atoms with van der Waals surface area (Å²) in [6.07, 6.45) is 2.76. The third-order valence-corrected chi connectivity index (χ3v) is 4.62. The van der Waals surface area contributed by atoms with E-state index in [1.807, 2.05) is 0 Å². The Kier molecular flexibility index (Phi) is 5.11. The number of halogens is 1. The smallest absolute Gasteiger partial charge is 0.00768 e. The van der Waals surface area contributed by atoms with E-state index < -0.39 is 0 Å². The van der Waals surface area contributed by atoms with E-state index in [-0.39, 0.29) is 0 Å². The van der Waals surface area contributed by atoms with Crippen LogP contribution in [0.1, 0.15) is 40.5 Å². The standard InChI is InChI=1S/C13H26BrN/c1-5-11-6-7-15(9-11)10-12(8-14)13(2,3)4/h11-12H,5-10H2,1-4H3. The van der Waals surface area contributed by atoms with Gasteiger partial charge in [0.05, 0.1) is 0 Å². The van der Waals surface area contributed by atoms with E-state index in [0.29, 0.717) is 5.41 Å². The van der Waals surface area contributed by atoms with Crippen molar-refractivity contribution in [2.24, 2.45) is 17.3 Å². The van der Waals surface area contributed by atoms with Gasteiger partial charge in [0.2, 0.25) is 0 Å². The minimum Gasteiger partial charge on any atom is -0.303 e. The van der Waals surface area contributed by atoms with Crippen LogP contribution in [0.4, 0.5) is 0 Å². The summed E-state index contributed by atoms with van der Waals surface area (Å²) in [5.41, 5.74) is 0.424. The third kappa shape index (κ3) is 4.07. The summed E-state index contributed by atoms with van der Waals surface area (Å²) in [6.45, 7) is 13.3. The fourth-order valence-corrected chi connectivity index (χ4v) is 3.45. The predicted octanol–water partition coefficient (Wildman–Crippen LogP) is 3.78. The topological polar surface area (TPSA) is 3.24 Å². The molecule has 0 aromatic heterocycles. The van der Waals surface area contributed by atoms with E-state index in [1.54, 1.807) is 0 Å². The molecule has 1 rings (SSSR count). The van der Waals surface area contributed by atoms with Crippen LogP contribution in [0.25, 0.3) is 0 Å². The van der Waals surface area contributed by atoms with Crippen molar-refractivity contribution in [3.8, 4) is 0 Å². The first-order chi connectivity index (χ1) is 6.97. The lowest BCUT2D eigenvalue weighted by Crippen LogP contribution is -2.35. The van der Waals surface area contributed by atoms with Crippen LogP contribution in [-0.4, -0.2) is 29.9 Å². The molecule has 1 aliphatic rings. The quantitative estimate of drug-likeness (QED) is 0.706. The summed E-state index contributed by atoms with van der Waals surface area (Å²) in [5.74, 6) is 1.73. The first-order valence-electron chi connectivity index (χ1n) is 6.25. The average molecular weight is 276 g/mol. The second-order valence-electron chi connectivity index (χ2n) is 6.04. The minimum atomic E-state index is 0.424. The van der Waals surface area contributed by atoms with Crippen LogP contribution in [0.15, 0.2) is 0 Å². The Morgan fingerprint density at radius 3 is 2.47 bits per heavy atom. The van der Waals surface area contributed by atoms with E-state index in [1.165, 1.54) is 32.5 Å². The molecule has 2 unspecified atom stereocenters. The second kappa shape index (κ2) is 5.67. The van der Waals surface area contributed by atoms with E-state index in [9.17, 15) is 0 Å². The monoisotopic (exact) mass is 275 g/mol. The molecule has 1 saturated heterocycles. The van der Waals surface area contributed by atoms with E-state index in [0.717, 1.165) is 17.2 Å². The van der Waals surface area contributed by atoms with Crippen LogP contribution < -0.4 is 0 Å². The molecule has 0 saturated carbocycles. The molecule has 1 aliphatic heterocycles. The van der Waals surface area contributed by atoms with Crippen molar-refractivity contribution in [2.75, 3.05) is 25.0 Å². The molecule has 1 fully saturated rings. The van der Waals surface area contributed by atoms with Gasteiger partial charge in [0, 0.05) is 18.4 Å². The summed E-state index contributed by atoms with van der Waals surface area (Å²) in [6, 6.07) is 0. The Hall–Kier alpha value is 0.440. The highest BCUT2D eigenvalue weighted by molar-refractivity contribution is 9.09. The van der Waals surface area contributed by atoms with Crippen molar-refractivity contribution >= 4 is 15.9 Å². The Bertz CT molecular complexity index is 185. The molecule has 1 nitrogen and oxygen atoms in total.